The van der Waals surface area contributed by atoms with Gasteiger partial charge in [-0.25, -0.2) is 0 Å². The first-order valence-electron chi connectivity index (χ1n) is 5.80. The highest BCUT2D eigenvalue weighted by molar-refractivity contribution is 7.80. The maximum atomic E-state index is 5.60. The van der Waals surface area contributed by atoms with Crippen molar-refractivity contribution in [2.75, 3.05) is 32.7 Å². The first kappa shape index (κ1) is 14.2. The molecule has 0 aromatic heterocycles. The lowest BCUT2D eigenvalue weighted by Gasteiger charge is -2.11. The lowest BCUT2D eigenvalue weighted by Crippen LogP contribution is -2.08. The Labute approximate surface area is 108 Å². The van der Waals surface area contributed by atoms with E-state index in [9.17, 15) is 0 Å². The molecule has 0 unspecified atom stereocenters. The number of ether oxygens (including phenoxy) is 3. The number of rotatable bonds is 8. The van der Waals surface area contributed by atoms with Gasteiger partial charge in [0.25, 0.3) is 0 Å². The summed E-state index contributed by atoms with van der Waals surface area (Å²) < 4.78 is 16.2. The average Bonchev–Trinajstić information content (AvgIpc) is 2.38. The minimum absolute atomic E-state index is 0.523. The maximum absolute atomic E-state index is 5.60. The number of aryl methyl sites for hydroxylation is 1. The van der Waals surface area contributed by atoms with E-state index in [2.05, 4.69) is 19.6 Å². The number of hydrogen-bond donors (Lipinski definition) is 1. The van der Waals surface area contributed by atoms with Crippen LogP contribution in [0, 0.1) is 0 Å². The zero-order chi connectivity index (χ0) is 12.5. The van der Waals surface area contributed by atoms with Crippen molar-refractivity contribution in [3.05, 3.63) is 23.8 Å². The Morgan fingerprint density at radius 2 is 1.94 bits per heavy atom. The summed E-state index contributed by atoms with van der Waals surface area (Å²) in [5, 5.41) is 0. The van der Waals surface area contributed by atoms with Gasteiger partial charge in [-0.3, -0.25) is 0 Å². The van der Waals surface area contributed by atoms with Gasteiger partial charge >= 0.3 is 0 Å². The van der Waals surface area contributed by atoms with Gasteiger partial charge in [-0.1, -0.05) is 13.0 Å². The fraction of sp³-hybridized carbons (Fsp3) is 0.538. The molecule has 0 radical (unpaired) electrons. The van der Waals surface area contributed by atoms with E-state index in [0.717, 1.165) is 23.7 Å². The van der Waals surface area contributed by atoms with Crippen LogP contribution in [0.15, 0.2) is 18.2 Å². The molecule has 0 saturated heterocycles. The Kier molecular flexibility index (Phi) is 6.89. The quantitative estimate of drug-likeness (QED) is 0.572. The van der Waals surface area contributed by atoms with Crippen molar-refractivity contribution < 1.29 is 14.2 Å². The lowest BCUT2D eigenvalue weighted by atomic mass is 10.1. The third-order valence-corrected chi connectivity index (χ3v) is 2.54. The monoisotopic (exact) mass is 256 g/mol. The van der Waals surface area contributed by atoms with Crippen LogP contribution in [0.5, 0.6) is 11.5 Å². The highest BCUT2D eigenvalue weighted by Crippen LogP contribution is 2.28. The summed E-state index contributed by atoms with van der Waals surface area (Å²) in [6.07, 6.45) is 0.988. The predicted octanol–water partition coefficient (Wildman–Crippen LogP) is 2.58. The largest absolute Gasteiger partial charge is 0.493 e. The molecular weight excluding hydrogens is 236 g/mol. The molecule has 1 aromatic carbocycles. The van der Waals surface area contributed by atoms with E-state index in [1.807, 2.05) is 18.2 Å². The molecule has 0 fully saturated rings. The first-order chi connectivity index (χ1) is 8.31. The van der Waals surface area contributed by atoms with Crippen molar-refractivity contribution in [2.45, 2.75) is 13.3 Å². The van der Waals surface area contributed by atoms with Crippen molar-refractivity contribution in [2.24, 2.45) is 0 Å². The van der Waals surface area contributed by atoms with Gasteiger partial charge < -0.3 is 14.2 Å². The topological polar surface area (TPSA) is 27.7 Å². The summed E-state index contributed by atoms with van der Waals surface area (Å²) in [4.78, 5) is 0. The van der Waals surface area contributed by atoms with Gasteiger partial charge in [0.15, 0.2) is 11.5 Å². The molecule has 0 amide bonds. The van der Waals surface area contributed by atoms with Gasteiger partial charge in [0.1, 0.15) is 6.61 Å². The van der Waals surface area contributed by atoms with Gasteiger partial charge in [0.05, 0.1) is 20.3 Å². The van der Waals surface area contributed by atoms with Crippen LogP contribution in [0.4, 0.5) is 0 Å². The van der Waals surface area contributed by atoms with Crippen molar-refractivity contribution in [1.82, 2.24) is 0 Å². The van der Waals surface area contributed by atoms with Crippen LogP contribution < -0.4 is 9.47 Å². The fourth-order valence-electron chi connectivity index (χ4n) is 1.43. The van der Waals surface area contributed by atoms with E-state index in [1.165, 1.54) is 5.56 Å². The summed E-state index contributed by atoms with van der Waals surface area (Å²) >= 11 is 4.06. The second-order valence-corrected chi connectivity index (χ2v) is 3.97. The second-order valence-electron chi connectivity index (χ2n) is 3.52. The summed E-state index contributed by atoms with van der Waals surface area (Å²) in [6, 6.07) is 5.99. The summed E-state index contributed by atoms with van der Waals surface area (Å²) in [5.41, 5.74) is 1.24. The highest BCUT2D eigenvalue weighted by atomic mass is 32.1. The summed E-state index contributed by atoms with van der Waals surface area (Å²) in [6.45, 7) is 3.85. The lowest BCUT2D eigenvalue weighted by molar-refractivity contribution is 0.111. The van der Waals surface area contributed by atoms with E-state index in [-0.39, 0.29) is 0 Å². The molecule has 0 saturated carbocycles. The molecular formula is C13H20O3S. The van der Waals surface area contributed by atoms with E-state index in [4.69, 9.17) is 14.2 Å². The first-order valence-corrected chi connectivity index (χ1v) is 6.43. The highest BCUT2D eigenvalue weighted by Gasteiger charge is 2.04. The third kappa shape index (κ3) is 4.88. The molecule has 0 N–H and O–H groups in total. The molecule has 1 rings (SSSR count). The molecule has 96 valence electrons. The van der Waals surface area contributed by atoms with Crippen LogP contribution in [0.25, 0.3) is 0 Å². The molecule has 0 aliphatic heterocycles. The fourth-order valence-corrected chi connectivity index (χ4v) is 1.56. The molecule has 0 atom stereocenters. The van der Waals surface area contributed by atoms with E-state index in [0.29, 0.717) is 19.8 Å². The van der Waals surface area contributed by atoms with Crippen molar-refractivity contribution in [1.29, 1.82) is 0 Å². The van der Waals surface area contributed by atoms with Gasteiger partial charge in [-0.15, -0.1) is 0 Å². The zero-order valence-electron chi connectivity index (χ0n) is 10.4. The molecule has 0 spiro atoms. The normalized spacial score (nSPS) is 10.3. The molecule has 3 nitrogen and oxygen atoms in total. The van der Waals surface area contributed by atoms with Gasteiger partial charge in [0, 0.05) is 5.75 Å². The molecule has 0 heterocycles. The van der Waals surface area contributed by atoms with Gasteiger partial charge in [-0.05, 0) is 24.1 Å². The molecule has 4 heteroatoms. The Hall–Kier alpha value is -0.870. The van der Waals surface area contributed by atoms with Crippen LogP contribution in [-0.2, 0) is 11.2 Å². The third-order valence-electron chi connectivity index (χ3n) is 2.36. The smallest absolute Gasteiger partial charge is 0.161 e. The van der Waals surface area contributed by atoms with Crippen LogP contribution in [0.2, 0.25) is 0 Å². The maximum Gasteiger partial charge on any atom is 0.161 e. The minimum Gasteiger partial charge on any atom is -0.493 e. The number of thiol groups is 1. The van der Waals surface area contributed by atoms with Crippen LogP contribution in [-0.4, -0.2) is 32.7 Å². The van der Waals surface area contributed by atoms with Crippen LogP contribution in [0.3, 0.4) is 0 Å². The van der Waals surface area contributed by atoms with Crippen molar-refractivity contribution >= 4 is 12.6 Å². The molecule has 0 bridgehead atoms. The molecule has 0 aliphatic rings. The standard InChI is InChI=1S/C13H20O3S/c1-3-11-4-5-12(13(10-11)14-2)16-7-6-15-8-9-17/h4-5,10,17H,3,6-9H2,1-2H3. The van der Waals surface area contributed by atoms with E-state index < -0.39 is 0 Å². The van der Waals surface area contributed by atoms with Gasteiger partial charge in [0.2, 0.25) is 0 Å². The Bertz CT molecular complexity index is 328. The Morgan fingerprint density at radius 3 is 2.59 bits per heavy atom. The average molecular weight is 256 g/mol. The van der Waals surface area contributed by atoms with Crippen molar-refractivity contribution in [3.63, 3.8) is 0 Å². The molecule has 1 aromatic rings. The minimum atomic E-state index is 0.523. The predicted molar refractivity (Wildman–Crippen MR) is 72.5 cm³/mol. The summed E-state index contributed by atoms with van der Waals surface area (Å²) in [7, 11) is 1.65. The second kappa shape index (κ2) is 8.25. The van der Waals surface area contributed by atoms with Gasteiger partial charge in [-0.2, -0.15) is 12.6 Å². The SMILES string of the molecule is CCc1ccc(OCCOCCS)c(OC)c1. The van der Waals surface area contributed by atoms with Crippen LogP contribution >= 0.6 is 12.6 Å². The Morgan fingerprint density at radius 1 is 1.12 bits per heavy atom. The van der Waals surface area contributed by atoms with E-state index in [1.54, 1.807) is 7.11 Å². The van der Waals surface area contributed by atoms with Crippen molar-refractivity contribution in [3.8, 4) is 11.5 Å². The zero-order valence-corrected chi connectivity index (χ0v) is 11.3. The number of benzene rings is 1. The Balaban J connectivity index is 2.46. The number of methoxy groups -OCH3 is 1. The van der Waals surface area contributed by atoms with E-state index >= 15 is 0 Å². The number of hydrogen-bond acceptors (Lipinski definition) is 4. The summed E-state index contributed by atoms with van der Waals surface area (Å²) in [5.74, 6) is 2.27. The van der Waals surface area contributed by atoms with Crippen LogP contribution in [0.1, 0.15) is 12.5 Å². The molecule has 0 aliphatic carbocycles. The molecule has 17 heavy (non-hydrogen) atoms.